The molecule has 1 unspecified atom stereocenters. The van der Waals surface area contributed by atoms with Crippen molar-refractivity contribution in [1.82, 2.24) is 4.72 Å². The molecule has 0 spiro atoms. The normalized spacial score (nSPS) is 14.3. The van der Waals surface area contributed by atoms with Crippen LogP contribution >= 0.6 is 0 Å². The second kappa shape index (κ2) is 9.84. The maximum atomic E-state index is 14.5. The number of furan rings is 1. The van der Waals surface area contributed by atoms with E-state index < -0.39 is 36.1 Å². The third-order valence-electron chi connectivity index (χ3n) is 4.99. The number of fused-ring (bicyclic) bond motifs is 1. The molecule has 1 aliphatic rings. The van der Waals surface area contributed by atoms with Crippen LogP contribution in [0.1, 0.15) is 23.9 Å². The van der Waals surface area contributed by atoms with Gasteiger partial charge in [-0.1, -0.05) is 6.07 Å². The van der Waals surface area contributed by atoms with Gasteiger partial charge < -0.3 is 23.3 Å². The highest BCUT2D eigenvalue weighted by Gasteiger charge is 2.29. The molecule has 2 heterocycles. The molecule has 4 rings (SSSR count). The summed E-state index contributed by atoms with van der Waals surface area (Å²) in [7, 11) is 0. The smallest absolute Gasteiger partial charge is 0.328 e. The third-order valence-corrected chi connectivity index (χ3v) is 6.14. The number of hydrogen-bond donors (Lipinski definition) is 1. The summed E-state index contributed by atoms with van der Waals surface area (Å²) in [6.45, 7) is 2.60. The molecule has 0 radical (unpaired) electrons. The fourth-order valence-electron chi connectivity index (χ4n) is 3.35. The number of rotatable bonds is 9. The summed E-state index contributed by atoms with van der Waals surface area (Å²) < 4.78 is 71.0. The van der Waals surface area contributed by atoms with Crippen LogP contribution in [0, 0.1) is 5.82 Å². The van der Waals surface area contributed by atoms with Crippen LogP contribution in [-0.2, 0) is 11.4 Å². The van der Waals surface area contributed by atoms with Crippen LogP contribution < -0.4 is 19.1 Å². The zero-order valence-corrected chi connectivity index (χ0v) is 18.4. The first-order chi connectivity index (χ1) is 15.9. The van der Waals surface area contributed by atoms with Crippen molar-refractivity contribution in [3.8, 4) is 11.5 Å². The Balaban J connectivity index is 1.58. The van der Waals surface area contributed by atoms with Gasteiger partial charge in [-0.25, -0.2) is 13.2 Å². The van der Waals surface area contributed by atoms with Crippen LogP contribution in [0.3, 0.4) is 0 Å². The van der Waals surface area contributed by atoms with Gasteiger partial charge in [0.15, 0.2) is 17.3 Å². The molecule has 2 aromatic carbocycles. The van der Waals surface area contributed by atoms with Gasteiger partial charge in [0.25, 0.3) is 11.3 Å². The zero-order chi connectivity index (χ0) is 23.5. The molecule has 0 aliphatic carbocycles. The summed E-state index contributed by atoms with van der Waals surface area (Å²) in [5.74, 6) is -1.67. The van der Waals surface area contributed by atoms with Crippen molar-refractivity contribution in [2.24, 2.45) is 0 Å². The van der Waals surface area contributed by atoms with Crippen molar-refractivity contribution < 1.29 is 36.4 Å². The summed E-state index contributed by atoms with van der Waals surface area (Å²) in [4.78, 5) is 14.6. The number of hydrogen-bond acceptors (Lipinski definition) is 6. The average Bonchev–Trinajstić information content (AvgIpc) is 3.16. The molecule has 1 saturated heterocycles. The predicted molar refractivity (Wildman–Crippen MR) is 116 cm³/mol. The molecule has 1 aliphatic heterocycles. The maximum absolute atomic E-state index is 14.5. The lowest BCUT2D eigenvalue weighted by Gasteiger charge is -2.33. The van der Waals surface area contributed by atoms with Crippen molar-refractivity contribution in [2.75, 3.05) is 31.2 Å². The highest BCUT2D eigenvalue weighted by atomic mass is 32.2. The highest BCUT2D eigenvalue weighted by Crippen LogP contribution is 2.34. The van der Waals surface area contributed by atoms with Crippen LogP contribution in [0.25, 0.3) is 11.0 Å². The van der Waals surface area contributed by atoms with E-state index in [0.717, 1.165) is 19.5 Å². The number of carbonyl (C=O) groups excluding carboxylic acids is 1. The van der Waals surface area contributed by atoms with Gasteiger partial charge in [0, 0.05) is 30.9 Å². The van der Waals surface area contributed by atoms with Crippen molar-refractivity contribution in [2.45, 2.75) is 24.7 Å². The minimum Gasteiger partial charge on any atom is -0.588 e. The van der Waals surface area contributed by atoms with Gasteiger partial charge in [0.1, 0.15) is 29.4 Å². The Morgan fingerprint density at radius 1 is 1.24 bits per heavy atom. The van der Waals surface area contributed by atoms with Crippen LogP contribution in [0.4, 0.5) is 18.9 Å². The molecule has 176 valence electrons. The third kappa shape index (κ3) is 4.98. The van der Waals surface area contributed by atoms with Crippen molar-refractivity contribution in [1.29, 1.82) is 0 Å². The number of benzene rings is 2. The number of halogens is 3. The summed E-state index contributed by atoms with van der Waals surface area (Å²) >= 11 is -2.24. The van der Waals surface area contributed by atoms with Crippen molar-refractivity contribution in [3.05, 3.63) is 48.0 Å². The number of alkyl halides is 2. The minimum absolute atomic E-state index is 0.101. The van der Waals surface area contributed by atoms with E-state index in [2.05, 4.69) is 4.72 Å². The molecule has 7 nitrogen and oxygen atoms in total. The second-order valence-electron chi connectivity index (χ2n) is 7.21. The lowest BCUT2D eigenvalue weighted by Crippen LogP contribution is -2.36. The summed E-state index contributed by atoms with van der Waals surface area (Å²) in [5, 5.41) is 0.117. The van der Waals surface area contributed by atoms with Gasteiger partial charge in [-0.3, -0.25) is 4.79 Å². The molecule has 1 fully saturated rings. The Labute approximate surface area is 190 Å². The lowest BCUT2D eigenvalue weighted by molar-refractivity contribution is 0.0800. The van der Waals surface area contributed by atoms with Gasteiger partial charge >= 0.3 is 5.91 Å². The Morgan fingerprint density at radius 3 is 2.61 bits per heavy atom. The molecule has 3 aromatic rings. The SMILES string of the molecule is CCOc1cccc(OCC(F)F)c1[S+]([O-])NC(=O)c1cc2c(F)cc(N3CCC3)cc2o1. The van der Waals surface area contributed by atoms with Crippen molar-refractivity contribution >= 4 is 33.9 Å². The van der Waals surface area contributed by atoms with Crippen LogP contribution in [0.5, 0.6) is 11.5 Å². The van der Waals surface area contributed by atoms with E-state index in [0.29, 0.717) is 5.69 Å². The van der Waals surface area contributed by atoms with Gasteiger partial charge in [-0.05, 0) is 31.5 Å². The number of nitrogens with zero attached hydrogens (tertiary/aromatic N) is 1. The number of ether oxygens (including phenoxy) is 2. The fourth-order valence-corrected chi connectivity index (χ4v) is 4.34. The average molecular weight is 482 g/mol. The van der Waals surface area contributed by atoms with E-state index in [1.54, 1.807) is 13.0 Å². The molecule has 0 saturated carbocycles. The molecule has 33 heavy (non-hydrogen) atoms. The van der Waals surface area contributed by atoms with Gasteiger partial charge in [-0.15, -0.1) is 0 Å². The number of carbonyl (C=O) groups is 1. The Kier molecular flexibility index (Phi) is 6.89. The number of nitrogens with one attached hydrogen (secondary N) is 1. The molecular formula is C22H21F3N2O5S. The maximum Gasteiger partial charge on any atom is 0.328 e. The Morgan fingerprint density at radius 2 is 1.97 bits per heavy atom. The lowest BCUT2D eigenvalue weighted by atomic mass is 10.1. The zero-order valence-electron chi connectivity index (χ0n) is 17.6. The molecule has 11 heteroatoms. The fraction of sp³-hybridized carbons (Fsp3) is 0.318. The number of anilines is 1. The first-order valence-corrected chi connectivity index (χ1v) is 11.4. The Hall–Kier alpha value is -3.05. The molecule has 1 atom stereocenters. The molecular weight excluding hydrogens is 461 g/mol. The second-order valence-corrected chi connectivity index (χ2v) is 8.36. The predicted octanol–water partition coefficient (Wildman–Crippen LogP) is 4.28. The van der Waals surface area contributed by atoms with E-state index in [-0.39, 0.29) is 39.7 Å². The van der Waals surface area contributed by atoms with E-state index in [4.69, 9.17) is 13.9 Å². The van der Waals surface area contributed by atoms with E-state index in [1.165, 1.54) is 30.3 Å². The van der Waals surface area contributed by atoms with Crippen LogP contribution in [0.15, 0.2) is 45.7 Å². The number of amides is 1. The molecule has 1 aromatic heterocycles. The van der Waals surface area contributed by atoms with Gasteiger partial charge in [-0.2, -0.15) is 4.72 Å². The molecule has 0 bridgehead atoms. The van der Waals surface area contributed by atoms with Gasteiger partial charge in [0.05, 0.1) is 12.0 Å². The quantitative estimate of drug-likeness (QED) is 0.458. The molecule has 1 amide bonds. The van der Waals surface area contributed by atoms with E-state index in [1.807, 2.05) is 4.90 Å². The largest absolute Gasteiger partial charge is 0.588 e. The summed E-state index contributed by atoms with van der Waals surface area (Å²) in [6, 6.07) is 8.56. The first kappa shape index (κ1) is 23.1. The minimum atomic E-state index is -2.75. The first-order valence-electron chi connectivity index (χ1n) is 10.2. The summed E-state index contributed by atoms with van der Waals surface area (Å²) in [5.41, 5.74) is 0.839. The van der Waals surface area contributed by atoms with Crippen LogP contribution in [-0.4, -0.2) is 43.2 Å². The highest BCUT2D eigenvalue weighted by molar-refractivity contribution is 7.90. The summed E-state index contributed by atoms with van der Waals surface area (Å²) in [6.07, 6.45) is -1.73. The monoisotopic (exact) mass is 482 g/mol. The van der Waals surface area contributed by atoms with E-state index in [9.17, 15) is 22.5 Å². The van der Waals surface area contributed by atoms with Gasteiger partial charge in [0.2, 0.25) is 0 Å². The Bertz CT molecular complexity index is 1150. The standard InChI is InChI=1S/C22H21F3N2O5S/c1-2-30-16-5-3-6-17(31-12-20(24)25)21(16)33(29)26-22(28)19-11-14-15(23)9-13(10-18(14)32-19)27-7-4-8-27/h3,5-6,9-11,20H,2,4,7-8,12H2,1H3,(H,26,28). The van der Waals surface area contributed by atoms with Crippen LogP contribution in [0.2, 0.25) is 0 Å². The molecule has 1 N–H and O–H groups in total. The van der Waals surface area contributed by atoms with E-state index >= 15 is 0 Å². The topological polar surface area (TPSA) is 87.0 Å². The van der Waals surface area contributed by atoms with Crippen molar-refractivity contribution in [3.63, 3.8) is 0 Å².